The molecule has 0 unspecified atom stereocenters. The van der Waals surface area contributed by atoms with E-state index in [1.807, 2.05) is 24.3 Å². The van der Waals surface area contributed by atoms with Gasteiger partial charge in [0.1, 0.15) is 0 Å². The third-order valence-electron chi connectivity index (χ3n) is 3.49. The van der Waals surface area contributed by atoms with Gasteiger partial charge in [0, 0.05) is 17.0 Å². The van der Waals surface area contributed by atoms with Crippen LogP contribution in [0.3, 0.4) is 0 Å². The van der Waals surface area contributed by atoms with Gasteiger partial charge in [-0.2, -0.15) is 0 Å². The number of nitrogens with zero attached hydrogens (tertiary/aromatic N) is 1. The van der Waals surface area contributed by atoms with Crippen LogP contribution in [0.15, 0.2) is 30.3 Å². The summed E-state index contributed by atoms with van der Waals surface area (Å²) in [5, 5.41) is 9.98. The second-order valence-electron chi connectivity index (χ2n) is 4.54. The molecule has 1 fully saturated rings. The molecule has 3 nitrogen and oxygen atoms in total. The fourth-order valence-electron chi connectivity index (χ4n) is 2.29. The third-order valence-corrected chi connectivity index (χ3v) is 3.49. The Morgan fingerprint density at radius 1 is 1.29 bits per heavy atom. The highest BCUT2D eigenvalue weighted by atomic mass is 16.4. The summed E-state index contributed by atoms with van der Waals surface area (Å²) in [7, 11) is 0. The monoisotopic (exact) mass is 227 g/mol. The van der Waals surface area contributed by atoms with Crippen molar-refractivity contribution >= 4 is 16.9 Å². The van der Waals surface area contributed by atoms with E-state index in [1.54, 1.807) is 6.07 Å². The Morgan fingerprint density at radius 2 is 2.06 bits per heavy atom. The van der Waals surface area contributed by atoms with Crippen LogP contribution >= 0.6 is 0 Å². The van der Waals surface area contributed by atoms with Gasteiger partial charge in [-0.1, -0.05) is 24.6 Å². The highest BCUT2D eigenvalue weighted by Crippen LogP contribution is 2.36. The van der Waals surface area contributed by atoms with Gasteiger partial charge in [0.25, 0.3) is 0 Å². The van der Waals surface area contributed by atoms with Crippen LogP contribution in [0, 0.1) is 0 Å². The Hall–Kier alpha value is -1.90. The van der Waals surface area contributed by atoms with Gasteiger partial charge in [-0.25, -0.2) is 4.79 Å². The van der Waals surface area contributed by atoms with Crippen molar-refractivity contribution in [2.45, 2.75) is 25.2 Å². The second-order valence-corrected chi connectivity index (χ2v) is 4.54. The standard InChI is InChI=1S/C14H13NO2/c16-14(17)11-8-13(9-4-3-5-9)15-12-7-2-1-6-10(11)12/h1-2,6-9H,3-5H2,(H,16,17). The Bertz CT molecular complexity index is 588. The highest BCUT2D eigenvalue weighted by Gasteiger charge is 2.23. The van der Waals surface area contributed by atoms with Gasteiger partial charge < -0.3 is 5.11 Å². The molecule has 1 heterocycles. The number of benzene rings is 1. The lowest BCUT2D eigenvalue weighted by atomic mass is 9.82. The van der Waals surface area contributed by atoms with Crippen molar-refractivity contribution in [3.63, 3.8) is 0 Å². The summed E-state index contributed by atoms with van der Waals surface area (Å²) in [5.74, 6) is -0.415. The molecule has 17 heavy (non-hydrogen) atoms. The molecule has 1 aliphatic rings. The number of hydrogen-bond donors (Lipinski definition) is 1. The molecule has 1 N–H and O–H groups in total. The minimum absolute atomic E-state index is 0.373. The van der Waals surface area contributed by atoms with E-state index >= 15 is 0 Å². The molecule has 3 rings (SSSR count). The van der Waals surface area contributed by atoms with Crippen molar-refractivity contribution in [1.29, 1.82) is 0 Å². The van der Waals surface area contributed by atoms with E-state index < -0.39 is 5.97 Å². The van der Waals surface area contributed by atoms with Crippen LogP contribution in [-0.4, -0.2) is 16.1 Å². The average molecular weight is 227 g/mol. The molecule has 0 saturated heterocycles. The number of aromatic nitrogens is 1. The number of pyridine rings is 1. The van der Waals surface area contributed by atoms with E-state index in [9.17, 15) is 9.90 Å². The molecule has 0 amide bonds. The van der Waals surface area contributed by atoms with Crippen LogP contribution in [0.5, 0.6) is 0 Å². The summed E-state index contributed by atoms with van der Waals surface area (Å²) in [5.41, 5.74) is 2.10. The molecule has 0 atom stereocenters. The first-order valence-electron chi connectivity index (χ1n) is 5.88. The average Bonchev–Trinajstić information content (AvgIpc) is 2.25. The maximum atomic E-state index is 11.3. The van der Waals surface area contributed by atoms with Crippen molar-refractivity contribution < 1.29 is 9.90 Å². The smallest absolute Gasteiger partial charge is 0.336 e. The fraction of sp³-hybridized carbons (Fsp3) is 0.286. The minimum atomic E-state index is -0.871. The van der Waals surface area contributed by atoms with Crippen molar-refractivity contribution in [2.75, 3.05) is 0 Å². The van der Waals surface area contributed by atoms with Crippen molar-refractivity contribution in [1.82, 2.24) is 4.98 Å². The lowest BCUT2D eigenvalue weighted by Crippen LogP contribution is -2.12. The zero-order valence-electron chi connectivity index (χ0n) is 9.39. The van der Waals surface area contributed by atoms with E-state index in [-0.39, 0.29) is 0 Å². The number of para-hydroxylation sites is 1. The first-order valence-corrected chi connectivity index (χ1v) is 5.88. The summed E-state index contributed by atoms with van der Waals surface area (Å²) in [6, 6.07) is 9.18. The molecule has 2 aromatic rings. The third kappa shape index (κ3) is 1.68. The summed E-state index contributed by atoms with van der Waals surface area (Å²) in [4.78, 5) is 15.8. The zero-order valence-corrected chi connectivity index (χ0v) is 9.39. The number of carbonyl (C=O) groups is 1. The van der Waals surface area contributed by atoms with Crippen LogP contribution in [0.25, 0.3) is 10.9 Å². The Balaban J connectivity index is 2.23. The molecule has 1 aromatic carbocycles. The Labute approximate surface area is 99.1 Å². The number of aromatic carboxylic acids is 1. The molecular weight excluding hydrogens is 214 g/mol. The lowest BCUT2D eigenvalue weighted by molar-refractivity contribution is 0.0698. The number of fused-ring (bicyclic) bond motifs is 1. The van der Waals surface area contributed by atoms with Gasteiger partial charge in [-0.3, -0.25) is 4.98 Å². The summed E-state index contributed by atoms with van der Waals surface area (Å²) >= 11 is 0. The first-order chi connectivity index (χ1) is 8.25. The predicted molar refractivity (Wildman–Crippen MR) is 65.3 cm³/mol. The van der Waals surface area contributed by atoms with Gasteiger partial charge in [0.05, 0.1) is 11.1 Å². The van der Waals surface area contributed by atoms with Gasteiger partial charge in [-0.05, 0) is 25.0 Å². The minimum Gasteiger partial charge on any atom is -0.478 e. The molecule has 0 bridgehead atoms. The van der Waals surface area contributed by atoms with E-state index in [1.165, 1.54) is 6.42 Å². The molecule has 3 heteroatoms. The molecule has 1 saturated carbocycles. The molecule has 86 valence electrons. The van der Waals surface area contributed by atoms with E-state index in [4.69, 9.17) is 0 Å². The Morgan fingerprint density at radius 3 is 2.71 bits per heavy atom. The Kier molecular flexibility index (Phi) is 2.32. The maximum Gasteiger partial charge on any atom is 0.336 e. The molecule has 0 radical (unpaired) electrons. The highest BCUT2D eigenvalue weighted by molar-refractivity contribution is 6.02. The second kappa shape index (κ2) is 3.84. The van der Waals surface area contributed by atoms with Crippen molar-refractivity contribution in [3.05, 3.63) is 41.6 Å². The van der Waals surface area contributed by atoms with Gasteiger partial charge in [0.15, 0.2) is 0 Å². The summed E-state index contributed by atoms with van der Waals surface area (Å²) in [6.45, 7) is 0. The van der Waals surface area contributed by atoms with Crippen LogP contribution in [0.2, 0.25) is 0 Å². The van der Waals surface area contributed by atoms with E-state index in [2.05, 4.69) is 4.98 Å². The molecule has 0 aliphatic heterocycles. The van der Waals surface area contributed by atoms with Gasteiger partial charge in [-0.15, -0.1) is 0 Å². The quantitative estimate of drug-likeness (QED) is 0.857. The molecule has 1 aliphatic carbocycles. The SMILES string of the molecule is O=C(O)c1cc(C2CCC2)nc2ccccc12. The normalized spacial score (nSPS) is 15.8. The van der Waals surface area contributed by atoms with Crippen LogP contribution in [0.1, 0.15) is 41.2 Å². The van der Waals surface area contributed by atoms with E-state index in [0.29, 0.717) is 11.5 Å². The number of carboxylic acids is 1. The topological polar surface area (TPSA) is 50.2 Å². The van der Waals surface area contributed by atoms with Crippen LogP contribution < -0.4 is 0 Å². The number of hydrogen-bond acceptors (Lipinski definition) is 2. The van der Waals surface area contributed by atoms with Crippen LogP contribution in [0.4, 0.5) is 0 Å². The first kappa shape index (κ1) is 10.3. The summed E-state index contributed by atoms with van der Waals surface area (Å²) < 4.78 is 0. The van der Waals surface area contributed by atoms with Crippen molar-refractivity contribution in [3.8, 4) is 0 Å². The maximum absolute atomic E-state index is 11.3. The lowest BCUT2D eigenvalue weighted by Gasteiger charge is -2.25. The zero-order chi connectivity index (χ0) is 11.8. The van der Waals surface area contributed by atoms with E-state index in [0.717, 1.165) is 29.4 Å². The van der Waals surface area contributed by atoms with Crippen molar-refractivity contribution in [2.24, 2.45) is 0 Å². The number of carboxylic acid groups (broad SMARTS) is 1. The summed E-state index contributed by atoms with van der Waals surface area (Å²) in [6.07, 6.45) is 3.48. The van der Waals surface area contributed by atoms with Gasteiger partial charge in [0.2, 0.25) is 0 Å². The van der Waals surface area contributed by atoms with Crippen LogP contribution in [-0.2, 0) is 0 Å². The molecule has 1 aromatic heterocycles. The fourth-order valence-corrected chi connectivity index (χ4v) is 2.29. The molecule has 0 spiro atoms. The largest absolute Gasteiger partial charge is 0.478 e. The number of rotatable bonds is 2. The van der Waals surface area contributed by atoms with Gasteiger partial charge >= 0.3 is 5.97 Å². The predicted octanol–water partition coefficient (Wildman–Crippen LogP) is 3.20. The molecular formula is C14H13NO2.